The van der Waals surface area contributed by atoms with Crippen LogP contribution in [0.4, 0.5) is 0 Å². The first kappa shape index (κ1) is 13.6. The van der Waals surface area contributed by atoms with Gasteiger partial charge in [0.25, 0.3) is 0 Å². The Bertz CT molecular complexity index is 805. The van der Waals surface area contributed by atoms with Crippen molar-refractivity contribution in [2.75, 3.05) is 14.2 Å². The van der Waals surface area contributed by atoms with Gasteiger partial charge < -0.3 is 9.47 Å². The van der Waals surface area contributed by atoms with Crippen molar-refractivity contribution in [1.82, 2.24) is 0 Å². The number of thiophene rings is 1. The van der Waals surface area contributed by atoms with Crippen LogP contribution < -0.4 is 9.47 Å². The number of para-hydroxylation sites is 1. The highest BCUT2D eigenvalue weighted by Gasteiger charge is 2.22. The second-order valence-electron chi connectivity index (χ2n) is 4.49. The number of fused-ring (bicyclic) bond motifs is 1. The predicted octanol–water partition coefficient (Wildman–Crippen LogP) is 4.15. The maximum atomic E-state index is 12.8. The maximum absolute atomic E-state index is 12.8. The zero-order chi connectivity index (χ0) is 14.8. The summed E-state index contributed by atoms with van der Waals surface area (Å²) < 4.78 is 11.8. The van der Waals surface area contributed by atoms with Gasteiger partial charge in [0.05, 0.1) is 19.8 Å². The van der Waals surface area contributed by atoms with Gasteiger partial charge in [0.1, 0.15) is 16.4 Å². The van der Waals surface area contributed by atoms with Crippen molar-refractivity contribution in [3.63, 3.8) is 0 Å². The molecule has 106 valence electrons. The number of hydrogen-bond acceptors (Lipinski definition) is 4. The van der Waals surface area contributed by atoms with E-state index in [0.29, 0.717) is 21.9 Å². The normalized spacial score (nSPS) is 10.6. The van der Waals surface area contributed by atoms with E-state index in [9.17, 15) is 4.79 Å². The van der Waals surface area contributed by atoms with Crippen molar-refractivity contribution in [2.45, 2.75) is 0 Å². The fourth-order valence-electron chi connectivity index (χ4n) is 2.33. The summed E-state index contributed by atoms with van der Waals surface area (Å²) in [6.45, 7) is 0. The van der Waals surface area contributed by atoms with E-state index in [1.807, 2.05) is 36.4 Å². The molecule has 3 nitrogen and oxygen atoms in total. The van der Waals surface area contributed by atoms with E-state index in [1.54, 1.807) is 26.4 Å². The molecule has 0 unspecified atom stereocenters. The minimum atomic E-state index is -0.0782. The summed E-state index contributed by atoms with van der Waals surface area (Å²) >= 11 is 1.44. The SMILES string of the molecule is COc1ccccc1C(=O)c1sc2ccccc2c1OC. The molecule has 0 bridgehead atoms. The van der Waals surface area contributed by atoms with Crippen molar-refractivity contribution in [3.05, 3.63) is 59.0 Å². The van der Waals surface area contributed by atoms with Gasteiger partial charge >= 0.3 is 0 Å². The lowest BCUT2D eigenvalue weighted by molar-refractivity contribution is 0.103. The van der Waals surface area contributed by atoms with Crippen LogP contribution in [0.3, 0.4) is 0 Å². The molecule has 4 heteroatoms. The molecule has 0 amide bonds. The first-order chi connectivity index (χ1) is 10.3. The molecule has 2 aromatic carbocycles. The highest BCUT2D eigenvalue weighted by atomic mass is 32.1. The quantitative estimate of drug-likeness (QED) is 0.679. The molecule has 3 rings (SSSR count). The van der Waals surface area contributed by atoms with E-state index in [0.717, 1.165) is 10.1 Å². The third-order valence-corrected chi connectivity index (χ3v) is 4.46. The molecule has 0 spiro atoms. The summed E-state index contributed by atoms with van der Waals surface area (Å²) in [7, 11) is 3.15. The van der Waals surface area contributed by atoms with Gasteiger partial charge in [-0.25, -0.2) is 0 Å². The van der Waals surface area contributed by atoms with Gasteiger partial charge in [0.2, 0.25) is 5.78 Å². The third kappa shape index (κ3) is 2.28. The van der Waals surface area contributed by atoms with Crippen LogP contribution in [-0.4, -0.2) is 20.0 Å². The van der Waals surface area contributed by atoms with Gasteiger partial charge in [-0.3, -0.25) is 4.79 Å². The Kier molecular flexibility index (Phi) is 3.62. The number of methoxy groups -OCH3 is 2. The van der Waals surface area contributed by atoms with E-state index in [4.69, 9.17) is 9.47 Å². The van der Waals surface area contributed by atoms with E-state index >= 15 is 0 Å². The van der Waals surface area contributed by atoms with Crippen molar-refractivity contribution < 1.29 is 14.3 Å². The summed E-state index contributed by atoms with van der Waals surface area (Å²) in [5, 5.41) is 0.961. The summed E-state index contributed by atoms with van der Waals surface area (Å²) in [4.78, 5) is 13.4. The Balaban J connectivity index is 2.18. The van der Waals surface area contributed by atoms with Crippen molar-refractivity contribution in [1.29, 1.82) is 0 Å². The van der Waals surface area contributed by atoms with Crippen LogP contribution in [0.25, 0.3) is 10.1 Å². The molecule has 3 aromatic rings. The standard InChI is InChI=1S/C17H14O3S/c1-19-13-9-5-3-7-11(13)15(18)17-16(20-2)12-8-4-6-10-14(12)21-17/h3-10H,1-2H3. The smallest absolute Gasteiger partial charge is 0.210 e. The van der Waals surface area contributed by atoms with E-state index < -0.39 is 0 Å². The Morgan fingerprint density at radius 3 is 2.43 bits per heavy atom. The molecule has 1 heterocycles. The first-order valence-electron chi connectivity index (χ1n) is 6.49. The lowest BCUT2D eigenvalue weighted by Gasteiger charge is -2.07. The van der Waals surface area contributed by atoms with Crippen LogP contribution in [0.5, 0.6) is 11.5 Å². The molecule has 21 heavy (non-hydrogen) atoms. The van der Waals surface area contributed by atoms with Crippen LogP contribution in [0.15, 0.2) is 48.5 Å². The predicted molar refractivity (Wildman–Crippen MR) is 84.8 cm³/mol. The van der Waals surface area contributed by atoms with Gasteiger partial charge in [-0.2, -0.15) is 0 Å². The fraction of sp³-hybridized carbons (Fsp3) is 0.118. The largest absolute Gasteiger partial charge is 0.496 e. The van der Waals surface area contributed by atoms with Crippen LogP contribution in [0, 0.1) is 0 Å². The second-order valence-corrected chi connectivity index (χ2v) is 5.54. The zero-order valence-electron chi connectivity index (χ0n) is 11.8. The minimum absolute atomic E-state index is 0.0782. The second kappa shape index (κ2) is 5.58. The molecule has 0 aliphatic rings. The van der Waals surface area contributed by atoms with Crippen LogP contribution >= 0.6 is 11.3 Å². The molecule has 0 saturated heterocycles. The average molecular weight is 298 g/mol. The third-order valence-electron chi connectivity index (χ3n) is 3.31. The molecule has 0 saturated carbocycles. The minimum Gasteiger partial charge on any atom is -0.496 e. The maximum Gasteiger partial charge on any atom is 0.210 e. The molecule has 0 aliphatic carbocycles. The number of carbonyl (C=O) groups is 1. The van der Waals surface area contributed by atoms with Gasteiger partial charge in [-0.1, -0.05) is 24.3 Å². The lowest BCUT2D eigenvalue weighted by atomic mass is 10.1. The molecular weight excluding hydrogens is 284 g/mol. The van der Waals surface area contributed by atoms with Gasteiger partial charge in [-0.05, 0) is 24.3 Å². The van der Waals surface area contributed by atoms with E-state index in [1.165, 1.54) is 11.3 Å². The molecule has 0 atom stereocenters. The fourth-order valence-corrected chi connectivity index (χ4v) is 3.45. The van der Waals surface area contributed by atoms with E-state index in [2.05, 4.69) is 0 Å². The van der Waals surface area contributed by atoms with Gasteiger partial charge in [-0.15, -0.1) is 11.3 Å². The Morgan fingerprint density at radius 1 is 0.952 bits per heavy atom. The van der Waals surface area contributed by atoms with Crippen LogP contribution in [0.2, 0.25) is 0 Å². The molecular formula is C17H14O3S. The Labute approximate surface area is 126 Å². The monoisotopic (exact) mass is 298 g/mol. The zero-order valence-corrected chi connectivity index (χ0v) is 12.6. The molecule has 0 radical (unpaired) electrons. The number of rotatable bonds is 4. The van der Waals surface area contributed by atoms with Gasteiger partial charge in [0, 0.05) is 10.1 Å². The van der Waals surface area contributed by atoms with Gasteiger partial charge in [0.15, 0.2) is 0 Å². The highest BCUT2D eigenvalue weighted by Crippen LogP contribution is 2.39. The Morgan fingerprint density at radius 2 is 1.67 bits per heavy atom. The molecule has 0 N–H and O–H groups in total. The summed E-state index contributed by atoms with van der Waals surface area (Å²) in [6.07, 6.45) is 0. The number of carbonyl (C=O) groups excluding carboxylic acids is 1. The lowest BCUT2D eigenvalue weighted by Crippen LogP contribution is -2.03. The van der Waals surface area contributed by atoms with Crippen molar-refractivity contribution in [3.8, 4) is 11.5 Å². The number of ether oxygens (including phenoxy) is 2. The Hall–Kier alpha value is -2.33. The number of hydrogen-bond donors (Lipinski definition) is 0. The van der Waals surface area contributed by atoms with Crippen molar-refractivity contribution >= 4 is 27.2 Å². The summed E-state index contributed by atoms with van der Waals surface area (Å²) in [5.74, 6) is 1.12. The van der Waals surface area contributed by atoms with Crippen molar-refractivity contribution in [2.24, 2.45) is 0 Å². The number of benzene rings is 2. The summed E-state index contributed by atoms with van der Waals surface area (Å²) in [6, 6.07) is 15.1. The topological polar surface area (TPSA) is 35.5 Å². The average Bonchev–Trinajstić information content (AvgIpc) is 2.92. The number of ketones is 1. The molecule has 0 aliphatic heterocycles. The molecule has 0 fully saturated rings. The highest BCUT2D eigenvalue weighted by molar-refractivity contribution is 7.21. The van der Waals surface area contributed by atoms with Crippen LogP contribution in [-0.2, 0) is 0 Å². The summed E-state index contributed by atoms with van der Waals surface area (Å²) in [5.41, 5.74) is 0.546. The molecule has 1 aromatic heterocycles. The first-order valence-corrected chi connectivity index (χ1v) is 7.31. The van der Waals surface area contributed by atoms with E-state index in [-0.39, 0.29) is 5.78 Å². The van der Waals surface area contributed by atoms with Crippen LogP contribution in [0.1, 0.15) is 15.2 Å².